The van der Waals surface area contributed by atoms with Gasteiger partial charge in [0.05, 0.1) is 0 Å². The van der Waals surface area contributed by atoms with Crippen LogP contribution in [0.5, 0.6) is 0 Å². The average molecular weight is 267 g/mol. The molecule has 0 heterocycles. The molecule has 1 aromatic carbocycles. The predicted molar refractivity (Wildman–Crippen MR) is 77.3 cm³/mol. The lowest BCUT2D eigenvalue weighted by molar-refractivity contribution is -0.0130. The molecule has 0 aromatic heterocycles. The second kappa shape index (κ2) is 6.80. The third-order valence-corrected chi connectivity index (χ3v) is 3.39. The first kappa shape index (κ1) is 15.8. The SMILES string of the molecule is C=Cc1cc(CCCC(F)(F)CC)ccc1C(C)N. The van der Waals surface area contributed by atoms with E-state index >= 15 is 0 Å². The molecule has 0 bridgehead atoms. The van der Waals surface area contributed by atoms with E-state index in [2.05, 4.69) is 6.58 Å². The zero-order chi connectivity index (χ0) is 14.5. The van der Waals surface area contributed by atoms with E-state index in [9.17, 15) is 8.78 Å². The molecule has 0 amide bonds. The van der Waals surface area contributed by atoms with Crippen molar-refractivity contribution in [3.63, 3.8) is 0 Å². The van der Waals surface area contributed by atoms with Gasteiger partial charge in [0.25, 0.3) is 0 Å². The fourth-order valence-corrected chi connectivity index (χ4v) is 2.10. The van der Waals surface area contributed by atoms with Crippen molar-refractivity contribution in [3.8, 4) is 0 Å². The van der Waals surface area contributed by atoms with Crippen molar-refractivity contribution in [2.75, 3.05) is 0 Å². The molecule has 0 saturated carbocycles. The van der Waals surface area contributed by atoms with Crippen LogP contribution in [0.25, 0.3) is 6.08 Å². The fourth-order valence-electron chi connectivity index (χ4n) is 2.10. The molecule has 1 atom stereocenters. The third-order valence-electron chi connectivity index (χ3n) is 3.39. The zero-order valence-corrected chi connectivity index (χ0v) is 11.8. The van der Waals surface area contributed by atoms with Gasteiger partial charge in [-0.1, -0.05) is 37.8 Å². The van der Waals surface area contributed by atoms with E-state index < -0.39 is 5.92 Å². The molecule has 0 aliphatic carbocycles. The van der Waals surface area contributed by atoms with Gasteiger partial charge in [0.15, 0.2) is 0 Å². The van der Waals surface area contributed by atoms with Gasteiger partial charge in [0, 0.05) is 18.9 Å². The van der Waals surface area contributed by atoms with Crippen LogP contribution in [0.1, 0.15) is 55.8 Å². The Morgan fingerprint density at radius 1 is 1.42 bits per heavy atom. The molecule has 0 saturated heterocycles. The number of halogens is 2. The first-order valence-electron chi connectivity index (χ1n) is 6.78. The Labute approximate surface area is 114 Å². The molecule has 0 spiro atoms. The van der Waals surface area contributed by atoms with Crippen LogP contribution in [0.2, 0.25) is 0 Å². The van der Waals surface area contributed by atoms with Gasteiger partial charge in [-0.15, -0.1) is 0 Å². The van der Waals surface area contributed by atoms with Gasteiger partial charge in [-0.3, -0.25) is 0 Å². The van der Waals surface area contributed by atoms with Gasteiger partial charge in [-0.2, -0.15) is 0 Å². The molecule has 1 unspecified atom stereocenters. The molecular formula is C16H23F2N. The molecule has 0 aliphatic heterocycles. The van der Waals surface area contributed by atoms with Gasteiger partial charge in [0.2, 0.25) is 5.92 Å². The summed E-state index contributed by atoms with van der Waals surface area (Å²) in [4.78, 5) is 0. The smallest absolute Gasteiger partial charge is 0.247 e. The summed E-state index contributed by atoms with van der Waals surface area (Å²) in [7, 11) is 0. The van der Waals surface area contributed by atoms with Crippen molar-refractivity contribution in [1.82, 2.24) is 0 Å². The van der Waals surface area contributed by atoms with E-state index in [1.54, 1.807) is 6.08 Å². The van der Waals surface area contributed by atoms with Crippen molar-refractivity contribution >= 4 is 6.08 Å². The summed E-state index contributed by atoms with van der Waals surface area (Å²) in [5, 5.41) is 0. The number of hydrogen-bond donors (Lipinski definition) is 1. The van der Waals surface area contributed by atoms with E-state index in [0.717, 1.165) is 16.7 Å². The standard InChI is InChI=1S/C16H23F2N/c1-4-14-11-13(8-9-15(14)12(3)19)7-6-10-16(17,18)5-2/h4,8-9,11-12H,1,5-7,10,19H2,2-3H3. The molecule has 1 nitrogen and oxygen atoms in total. The first-order valence-corrected chi connectivity index (χ1v) is 6.78. The second-order valence-corrected chi connectivity index (χ2v) is 5.02. The summed E-state index contributed by atoms with van der Waals surface area (Å²) in [6.45, 7) is 7.21. The van der Waals surface area contributed by atoms with Crippen LogP contribution < -0.4 is 5.73 Å². The Morgan fingerprint density at radius 3 is 2.63 bits per heavy atom. The number of aryl methyl sites for hydroxylation is 1. The molecular weight excluding hydrogens is 244 g/mol. The lowest BCUT2D eigenvalue weighted by atomic mass is 9.96. The van der Waals surface area contributed by atoms with Gasteiger partial charge < -0.3 is 5.73 Å². The van der Waals surface area contributed by atoms with Gasteiger partial charge >= 0.3 is 0 Å². The molecule has 0 aliphatic rings. The maximum Gasteiger partial charge on any atom is 0.247 e. The normalized spacial score (nSPS) is 13.3. The molecule has 3 heteroatoms. The molecule has 1 aromatic rings. The number of rotatable bonds is 7. The highest BCUT2D eigenvalue weighted by molar-refractivity contribution is 5.54. The Bertz CT molecular complexity index is 425. The number of hydrogen-bond acceptors (Lipinski definition) is 1. The van der Waals surface area contributed by atoms with Crippen LogP contribution in [-0.2, 0) is 6.42 Å². The zero-order valence-electron chi connectivity index (χ0n) is 11.8. The average Bonchev–Trinajstić information content (AvgIpc) is 2.38. The topological polar surface area (TPSA) is 26.0 Å². The quantitative estimate of drug-likeness (QED) is 0.760. The lowest BCUT2D eigenvalue weighted by Crippen LogP contribution is -2.14. The van der Waals surface area contributed by atoms with Gasteiger partial charge in [-0.25, -0.2) is 8.78 Å². The van der Waals surface area contributed by atoms with Crippen molar-refractivity contribution in [1.29, 1.82) is 0 Å². The minimum absolute atomic E-state index is 0.0496. The van der Waals surface area contributed by atoms with E-state index in [-0.39, 0.29) is 18.9 Å². The monoisotopic (exact) mass is 267 g/mol. The van der Waals surface area contributed by atoms with E-state index in [1.807, 2.05) is 25.1 Å². The third kappa shape index (κ3) is 4.75. The van der Waals surface area contributed by atoms with Crippen molar-refractivity contribution in [3.05, 3.63) is 41.5 Å². The highest BCUT2D eigenvalue weighted by Gasteiger charge is 2.24. The maximum atomic E-state index is 13.1. The Balaban J connectivity index is 2.68. The molecule has 106 valence electrons. The van der Waals surface area contributed by atoms with Crippen molar-refractivity contribution in [2.24, 2.45) is 5.73 Å². The molecule has 1 rings (SSSR count). The minimum atomic E-state index is -2.53. The second-order valence-electron chi connectivity index (χ2n) is 5.02. The molecule has 0 radical (unpaired) electrons. The summed E-state index contributed by atoms with van der Waals surface area (Å²) >= 11 is 0. The van der Waals surface area contributed by atoms with Crippen LogP contribution in [0.4, 0.5) is 8.78 Å². The predicted octanol–water partition coefficient (Wildman–Crippen LogP) is 4.72. The molecule has 0 fully saturated rings. The van der Waals surface area contributed by atoms with Crippen molar-refractivity contribution in [2.45, 2.75) is 51.5 Å². The highest BCUT2D eigenvalue weighted by atomic mass is 19.3. The highest BCUT2D eigenvalue weighted by Crippen LogP contribution is 2.26. The Kier molecular flexibility index (Phi) is 5.67. The number of nitrogens with two attached hydrogens (primary N) is 1. The Morgan fingerprint density at radius 2 is 2.11 bits per heavy atom. The summed E-state index contributed by atoms with van der Waals surface area (Å²) < 4.78 is 26.3. The molecule has 2 N–H and O–H groups in total. The first-order chi connectivity index (χ1) is 8.89. The fraction of sp³-hybridized carbons (Fsp3) is 0.500. The summed E-state index contributed by atoms with van der Waals surface area (Å²) in [6, 6.07) is 5.88. The van der Waals surface area contributed by atoms with E-state index in [1.165, 1.54) is 6.92 Å². The van der Waals surface area contributed by atoms with Crippen LogP contribution in [0, 0.1) is 0 Å². The van der Waals surface area contributed by atoms with Crippen LogP contribution in [-0.4, -0.2) is 5.92 Å². The van der Waals surface area contributed by atoms with Gasteiger partial charge in [-0.05, 0) is 36.5 Å². The van der Waals surface area contributed by atoms with Crippen molar-refractivity contribution < 1.29 is 8.78 Å². The number of alkyl halides is 2. The van der Waals surface area contributed by atoms with Crippen LogP contribution >= 0.6 is 0 Å². The van der Waals surface area contributed by atoms with E-state index in [0.29, 0.717) is 12.8 Å². The Hall–Kier alpha value is -1.22. The van der Waals surface area contributed by atoms with Crippen LogP contribution in [0.3, 0.4) is 0 Å². The van der Waals surface area contributed by atoms with E-state index in [4.69, 9.17) is 5.73 Å². The summed E-state index contributed by atoms with van der Waals surface area (Å²) in [5.74, 6) is -2.53. The number of benzene rings is 1. The largest absolute Gasteiger partial charge is 0.324 e. The minimum Gasteiger partial charge on any atom is -0.324 e. The summed E-state index contributed by atoms with van der Waals surface area (Å²) in [6.07, 6.45) is 2.78. The molecule has 19 heavy (non-hydrogen) atoms. The van der Waals surface area contributed by atoms with Crippen LogP contribution in [0.15, 0.2) is 24.8 Å². The van der Waals surface area contributed by atoms with Gasteiger partial charge in [0.1, 0.15) is 0 Å². The maximum absolute atomic E-state index is 13.1. The summed E-state index contributed by atoms with van der Waals surface area (Å²) in [5.41, 5.74) is 8.96. The lowest BCUT2D eigenvalue weighted by Gasteiger charge is -2.14.